The van der Waals surface area contributed by atoms with Crippen molar-refractivity contribution in [2.45, 2.75) is 0 Å². The van der Waals surface area contributed by atoms with E-state index < -0.39 is 0 Å². The molecule has 0 aliphatic rings. The number of rotatable bonds is 3. The summed E-state index contributed by atoms with van der Waals surface area (Å²) in [4.78, 5) is 12.9. The van der Waals surface area contributed by atoms with Gasteiger partial charge in [-0.15, -0.1) is 11.3 Å². The zero-order chi connectivity index (χ0) is 11.4. The number of thiophene rings is 1. The lowest BCUT2D eigenvalue weighted by molar-refractivity contribution is 0.104. The quantitative estimate of drug-likeness (QED) is 0.499. The van der Waals surface area contributed by atoms with E-state index in [1.54, 1.807) is 35.6 Å². The van der Waals surface area contributed by atoms with Crippen molar-refractivity contribution in [2.75, 3.05) is 5.73 Å². The van der Waals surface area contributed by atoms with Crippen LogP contribution in [0.3, 0.4) is 0 Å². The molecule has 0 saturated heterocycles. The van der Waals surface area contributed by atoms with E-state index in [-0.39, 0.29) is 5.78 Å². The fraction of sp³-hybridized carbons (Fsp3) is 0. The van der Waals surface area contributed by atoms with E-state index in [4.69, 9.17) is 5.73 Å². The molecule has 0 radical (unpaired) electrons. The summed E-state index contributed by atoms with van der Waals surface area (Å²) in [7, 11) is 0. The second kappa shape index (κ2) is 4.77. The molecular formula is C13H11NOS. The SMILES string of the molecule is Nc1ccccc1C(=O)C=Cc1cccs1. The minimum Gasteiger partial charge on any atom is -0.398 e. The fourth-order valence-electron chi connectivity index (χ4n) is 1.36. The van der Waals surface area contributed by atoms with Crippen LogP contribution in [0.5, 0.6) is 0 Å². The smallest absolute Gasteiger partial charge is 0.187 e. The van der Waals surface area contributed by atoms with Gasteiger partial charge in [0.05, 0.1) is 0 Å². The van der Waals surface area contributed by atoms with Crippen molar-refractivity contribution in [1.29, 1.82) is 0 Å². The highest BCUT2D eigenvalue weighted by atomic mass is 32.1. The topological polar surface area (TPSA) is 43.1 Å². The van der Waals surface area contributed by atoms with E-state index in [1.807, 2.05) is 29.6 Å². The fourth-order valence-corrected chi connectivity index (χ4v) is 1.97. The van der Waals surface area contributed by atoms with Gasteiger partial charge in [-0.2, -0.15) is 0 Å². The van der Waals surface area contributed by atoms with Crippen LogP contribution in [0.1, 0.15) is 15.2 Å². The van der Waals surface area contributed by atoms with Gasteiger partial charge < -0.3 is 5.73 Å². The second-order valence-electron chi connectivity index (χ2n) is 3.30. The Morgan fingerprint density at radius 2 is 2.00 bits per heavy atom. The minimum absolute atomic E-state index is 0.0634. The number of nitrogens with two attached hydrogens (primary N) is 1. The molecule has 80 valence electrons. The molecule has 3 heteroatoms. The van der Waals surface area contributed by atoms with Crippen LogP contribution in [0.2, 0.25) is 0 Å². The van der Waals surface area contributed by atoms with Crippen molar-refractivity contribution in [3.8, 4) is 0 Å². The first-order valence-corrected chi connectivity index (χ1v) is 5.76. The number of para-hydroxylation sites is 1. The van der Waals surface area contributed by atoms with Crippen LogP contribution in [-0.4, -0.2) is 5.78 Å². The van der Waals surface area contributed by atoms with E-state index in [0.29, 0.717) is 11.3 Å². The highest BCUT2D eigenvalue weighted by Crippen LogP contribution is 2.14. The number of carbonyl (C=O) groups is 1. The Morgan fingerprint density at radius 3 is 2.69 bits per heavy atom. The summed E-state index contributed by atoms with van der Waals surface area (Å²) < 4.78 is 0. The van der Waals surface area contributed by atoms with Crippen LogP contribution in [0, 0.1) is 0 Å². The van der Waals surface area contributed by atoms with Gasteiger partial charge in [0.2, 0.25) is 0 Å². The van der Waals surface area contributed by atoms with Gasteiger partial charge in [0.15, 0.2) is 5.78 Å². The molecule has 0 fully saturated rings. The third kappa shape index (κ3) is 2.38. The summed E-state index contributed by atoms with van der Waals surface area (Å²) in [6.45, 7) is 0. The lowest BCUT2D eigenvalue weighted by Crippen LogP contribution is -1.99. The molecule has 0 aliphatic carbocycles. The van der Waals surface area contributed by atoms with Crippen molar-refractivity contribution < 1.29 is 4.79 Å². The number of anilines is 1. The van der Waals surface area contributed by atoms with E-state index in [0.717, 1.165) is 4.88 Å². The maximum absolute atomic E-state index is 11.8. The number of hydrogen-bond donors (Lipinski definition) is 1. The van der Waals surface area contributed by atoms with Crippen LogP contribution in [-0.2, 0) is 0 Å². The van der Waals surface area contributed by atoms with Gasteiger partial charge in [0.1, 0.15) is 0 Å². The Kier molecular flexibility index (Phi) is 3.17. The predicted octanol–water partition coefficient (Wildman–Crippen LogP) is 3.23. The average Bonchev–Trinajstić information content (AvgIpc) is 2.79. The number of carbonyl (C=O) groups excluding carboxylic acids is 1. The molecule has 1 aromatic heterocycles. The van der Waals surface area contributed by atoms with Crippen molar-refractivity contribution in [3.63, 3.8) is 0 Å². The first-order chi connectivity index (χ1) is 7.77. The summed E-state index contributed by atoms with van der Waals surface area (Å²) in [6, 6.07) is 11.0. The lowest BCUT2D eigenvalue weighted by atomic mass is 10.1. The second-order valence-corrected chi connectivity index (χ2v) is 4.28. The van der Waals surface area contributed by atoms with Gasteiger partial charge in [-0.25, -0.2) is 0 Å². The third-order valence-electron chi connectivity index (χ3n) is 2.17. The van der Waals surface area contributed by atoms with Gasteiger partial charge >= 0.3 is 0 Å². The minimum atomic E-state index is -0.0634. The molecule has 0 atom stereocenters. The first kappa shape index (κ1) is 10.6. The first-order valence-electron chi connectivity index (χ1n) is 4.88. The molecule has 0 bridgehead atoms. The highest BCUT2D eigenvalue weighted by Gasteiger charge is 2.04. The molecule has 2 rings (SSSR count). The van der Waals surface area contributed by atoms with E-state index >= 15 is 0 Å². The molecule has 0 amide bonds. The Labute approximate surface area is 98.0 Å². The van der Waals surface area contributed by atoms with Crippen molar-refractivity contribution in [2.24, 2.45) is 0 Å². The predicted molar refractivity (Wildman–Crippen MR) is 68.5 cm³/mol. The standard InChI is InChI=1S/C13H11NOS/c14-12-6-2-1-5-11(12)13(15)8-7-10-4-3-9-16-10/h1-9H,14H2. The van der Waals surface area contributed by atoms with Crippen LogP contribution < -0.4 is 5.73 Å². The molecule has 0 unspecified atom stereocenters. The summed E-state index contributed by atoms with van der Waals surface area (Å²) >= 11 is 1.59. The third-order valence-corrected chi connectivity index (χ3v) is 3.01. The number of allylic oxidation sites excluding steroid dienone is 1. The van der Waals surface area contributed by atoms with Gasteiger partial charge in [0.25, 0.3) is 0 Å². The summed E-state index contributed by atoms with van der Waals surface area (Å²) in [5.41, 5.74) is 6.79. The van der Waals surface area contributed by atoms with E-state index in [2.05, 4.69) is 0 Å². The Bertz CT molecular complexity index is 514. The Balaban J connectivity index is 2.18. The summed E-state index contributed by atoms with van der Waals surface area (Å²) in [5, 5.41) is 1.97. The van der Waals surface area contributed by atoms with Gasteiger partial charge in [-0.05, 0) is 35.7 Å². The monoisotopic (exact) mass is 229 g/mol. The van der Waals surface area contributed by atoms with Gasteiger partial charge in [0, 0.05) is 16.1 Å². The summed E-state index contributed by atoms with van der Waals surface area (Å²) in [5.74, 6) is -0.0634. The Hall–Kier alpha value is -1.87. The summed E-state index contributed by atoms with van der Waals surface area (Å²) in [6.07, 6.45) is 3.36. The molecule has 2 nitrogen and oxygen atoms in total. The van der Waals surface area contributed by atoms with Crippen LogP contribution in [0.25, 0.3) is 6.08 Å². The molecular weight excluding hydrogens is 218 g/mol. The van der Waals surface area contributed by atoms with Crippen molar-refractivity contribution >= 4 is 28.9 Å². The van der Waals surface area contributed by atoms with E-state index in [9.17, 15) is 4.79 Å². The van der Waals surface area contributed by atoms with Crippen LogP contribution in [0.4, 0.5) is 5.69 Å². The maximum Gasteiger partial charge on any atom is 0.187 e. The maximum atomic E-state index is 11.8. The zero-order valence-electron chi connectivity index (χ0n) is 8.59. The number of hydrogen-bond acceptors (Lipinski definition) is 3. The molecule has 1 heterocycles. The number of ketones is 1. The molecule has 2 N–H and O–H groups in total. The van der Waals surface area contributed by atoms with Crippen molar-refractivity contribution in [1.82, 2.24) is 0 Å². The number of nitrogen functional groups attached to an aromatic ring is 1. The highest BCUT2D eigenvalue weighted by molar-refractivity contribution is 7.10. The lowest BCUT2D eigenvalue weighted by Gasteiger charge is -1.99. The molecule has 1 aromatic carbocycles. The Morgan fingerprint density at radius 1 is 1.19 bits per heavy atom. The number of benzene rings is 1. The van der Waals surface area contributed by atoms with Gasteiger partial charge in [-0.1, -0.05) is 18.2 Å². The molecule has 2 aromatic rings. The van der Waals surface area contributed by atoms with Crippen molar-refractivity contribution in [3.05, 3.63) is 58.3 Å². The molecule has 0 saturated carbocycles. The zero-order valence-corrected chi connectivity index (χ0v) is 9.41. The average molecular weight is 229 g/mol. The van der Waals surface area contributed by atoms with Crippen LogP contribution in [0.15, 0.2) is 47.9 Å². The molecule has 16 heavy (non-hydrogen) atoms. The van der Waals surface area contributed by atoms with E-state index in [1.165, 1.54) is 0 Å². The van der Waals surface area contributed by atoms with Gasteiger partial charge in [-0.3, -0.25) is 4.79 Å². The van der Waals surface area contributed by atoms with Crippen LogP contribution >= 0.6 is 11.3 Å². The normalized spacial score (nSPS) is 10.8. The largest absolute Gasteiger partial charge is 0.398 e. The molecule has 0 spiro atoms. The molecule has 0 aliphatic heterocycles.